The number of aromatic nitrogens is 1. The number of aryl methyl sites for hydroxylation is 2. The number of hydrogen-bond donors (Lipinski definition) is 2. The summed E-state index contributed by atoms with van der Waals surface area (Å²) in [6.45, 7) is 3.68. The molecular weight excluding hydrogens is 422 g/mol. The summed E-state index contributed by atoms with van der Waals surface area (Å²) < 4.78 is 25.8. The van der Waals surface area contributed by atoms with Crippen LogP contribution < -0.4 is 10.9 Å². The minimum atomic E-state index is -3.61. The number of sulfonamides is 1. The van der Waals surface area contributed by atoms with E-state index in [1.807, 2.05) is 6.07 Å². The molecule has 0 fully saturated rings. The molecule has 7 nitrogen and oxygen atoms in total. The first-order valence-corrected chi connectivity index (χ1v) is 9.97. The molecule has 0 aliphatic heterocycles. The van der Waals surface area contributed by atoms with Gasteiger partial charge in [-0.25, -0.2) is 12.7 Å². The van der Waals surface area contributed by atoms with Crippen LogP contribution in [0.5, 0.6) is 0 Å². The molecule has 0 unspecified atom stereocenters. The first-order chi connectivity index (χ1) is 12.0. The predicted octanol–water partition coefficient (Wildman–Crippen LogP) is 1.93. The quantitative estimate of drug-likeness (QED) is 0.739. The Kier molecular flexibility index (Phi) is 6.05. The molecule has 0 bridgehead atoms. The third kappa shape index (κ3) is 4.22. The zero-order valence-electron chi connectivity index (χ0n) is 14.9. The summed E-state index contributed by atoms with van der Waals surface area (Å²) in [6.07, 6.45) is 0. The Bertz CT molecular complexity index is 1010. The number of carbonyl (C=O) groups excluding carboxylic acids is 1. The summed E-state index contributed by atoms with van der Waals surface area (Å²) in [7, 11) is -0.743. The van der Waals surface area contributed by atoms with E-state index in [0.717, 1.165) is 15.6 Å². The van der Waals surface area contributed by atoms with Crippen molar-refractivity contribution in [3.63, 3.8) is 0 Å². The number of halogens is 1. The minimum Gasteiger partial charge on any atom is -0.348 e. The molecule has 1 amide bonds. The standard InChI is InChI=1S/C17H20BrN3O4S/c1-10-7-11(2)20-17(23)13(10)9-19-16(22)12-5-6-15(14(18)8-12)26(24,25)21(3)4/h5-8H,9H2,1-4H3,(H,19,22)(H,20,23). The van der Waals surface area contributed by atoms with Crippen molar-refractivity contribution in [2.45, 2.75) is 25.3 Å². The van der Waals surface area contributed by atoms with E-state index in [4.69, 9.17) is 0 Å². The molecule has 0 saturated carbocycles. The van der Waals surface area contributed by atoms with Crippen molar-refractivity contribution in [2.75, 3.05) is 14.1 Å². The lowest BCUT2D eigenvalue weighted by molar-refractivity contribution is 0.0950. The summed E-state index contributed by atoms with van der Waals surface area (Å²) in [5.41, 5.74) is 2.08. The SMILES string of the molecule is Cc1cc(C)c(CNC(=O)c2ccc(S(=O)(=O)N(C)C)c(Br)c2)c(=O)[nH]1. The zero-order chi connectivity index (χ0) is 19.6. The average molecular weight is 442 g/mol. The van der Waals surface area contributed by atoms with Gasteiger partial charge in [0, 0.05) is 41.9 Å². The Morgan fingerprint density at radius 1 is 1.23 bits per heavy atom. The van der Waals surface area contributed by atoms with Crippen molar-refractivity contribution in [3.05, 3.63) is 61.5 Å². The monoisotopic (exact) mass is 441 g/mol. The molecular formula is C17H20BrN3O4S. The fourth-order valence-electron chi connectivity index (χ4n) is 2.42. The average Bonchev–Trinajstić information content (AvgIpc) is 2.53. The summed E-state index contributed by atoms with van der Waals surface area (Å²) in [4.78, 5) is 27.1. The van der Waals surface area contributed by atoms with Crippen LogP contribution in [0.1, 0.15) is 27.2 Å². The van der Waals surface area contributed by atoms with E-state index >= 15 is 0 Å². The van der Waals surface area contributed by atoms with Crippen LogP contribution in [0.4, 0.5) is 0 Å². The molecule has 1 aromatic heterocycles. The van der Waals surface area contributed by atoms with Crippen molar-refractivity contribution in [3.8, 4) is 0 Å². The lowest BCUT2D eigenvalue weighted by Crippen LogP contribution is -2.28. The van der Waals surface area contributed by atoms with Crippen LogP contribution in [0, 0.1) is 13.8 Å². The van der Waals surface area contributed by atoms with Crippen molar-refractivity contribution in [1.82, 2.24) is 14.6 Å². The van der Waals surface area contributed by atoms with E-state index in [2.05, 4.69) is 26.2 Å². The Balaban J connectivity index is 2.22. The highest BCUT2D eigenvalue weighted by molar-refractivity contribution is 9.10. The van der Waals surface area contributed by atoms with Crippen LogP contribution in [0.25, 0.3) is 0 Å². The molecule has 2 N–H and O–H groups in total. The second-order valence-corrected chi connectivity index (χ2v) is 9.03. The van der Waals surface area contributed by atoms with Crippen molar-refractivity contribution < 1.29 is 13.2 Å². The Morgan fingerprint density at radius 3 is 2.42 bits per heavy atom. The van der Waals surface area contributed by atoms with Gasteiger partial charge in [-0.2, -0.15) is 0 Å². The van der Waals surface area contributed by atoms with Crippen LogP contribution in [0.2, 0.25) is 0 Å². The van der Waals surface area contributed by atoms with Gasteiger partial charge in [-0.1, -0.05) is 0 Å². The molecule has 0 aliphatic carbocycles. The summed E-state index contributed by atoms with van der Waals surface area (Å²) >= 11 is 3.21. The molecule has 0 aliphatic rings. The number of amides is 1. The number of pyridine rings is 1. The van der Waals surface area contributed by atoms with Crippen molar-refractivity contribution >= 4 is 31.9 Å². The number of hydrogen-bond acceptors (Lipinski definition) is 4. The van der Waals surface area contributed by atoms with Gasteiger partial charge in [-0.05, 0) is 59.6 Å². The van der Waals surface area contributed by atoms with Gasteiger partial charge < -0.3 is 10.3 Å². The van der Waals surface area contributed by atoms with E-state index in [1.54, 1.807) is 13.8 Å². The molecule has 1 heterocycles. The summed E-state index contributed by atoms with van der Waals surface area (Å²) in [5.74, 6) is -0.404. The van der Waals surface area contributed by atoms with E-state index in [1.165, 1.54) is 32.3 Å². The third-order valence-corrected chi connectivity index (χ3v) is 6.66. The smallest absolute Gasteiger partial charge is 0.253 e. The lowest BCUT2D eigenvalue weighted by atomic mass is 10.1. The van der Waals surface area contributed by atoms with Gasteiger partial charge in [0.25, 0.3) is 11.5 Å². The van der Waals surface area contributed by atoms with Gasteiger partial charge in [-0.3, -0.25) is 9.59 Å². The lowest BCUT2D eigenvalue weighted by Gasteiger charge is -2.14. The van der Waals surface area contributed by atoms with Gasteiger partial charge >= 0.3 is 0 Å². The van der Waals surface area contributed by atoms with Gasteiger partial charge in [0.05, 0.1) is 4.90 Å². The molecule has 2 rings (SSSR count). The normalized spacial score (nSPS) is 11.6. The van der Waals surface area contributed by atoms with E-state index < -0.39 is 15.9 Å². The van der Waals surface area contributed by atoms with Gasteiger partial charge in [-0.15, -0.1) is 0 Å². The van der Waals surface area contributed by atoms with Gasteiger partial charge in [0.1, 0.15) is 0 Å². The molecule has 2 aromatic rings. The van der Waals surface area contributed by atoms with Crippen LogP contribution in [0.3, 0.4) is 0 Å². The maximum atomic E-state index is 12.4. The Hall–Kier alpha value is -1.97. The second kappa shape index (κ2) is 7.73. The zero-order valence-corrected chi connectivity index (χ0v) is 17.3. The van der Waals surface area contributed by atoms with Gasteiger partial charge in [0.2, 0.25) is 10.0 Å². The molecule has 26 heavy (non-hydrogen) atoms. The highest BCUT2D eigenvalue weighted by Gasteiger charge is 2.21. The van der Waals surface area contributed by atoms with Crippen LogP contribution in [-0.2, 0) is 16.6 Å². The highest BCUT2D eigenvalue weighted by atomic mass is 79.9. The maximum absolute atomic E-state index is 12.4. The summed E-state index contributed by atoms with van der Waals surface area (Å²) in [6, 6.07) is 6.08. The van der Waals surface area contributed by atoms with Crippen LogP contribution >= 0.6 is 15.9 Å². The Labute approximate surface area is 160 Å². The number of aromatic amines is 1. The number of rotatable bonds is 5. The summed E-state index contributed by atoms with van der Waals surface area (Å²) in [5, 5.41) is 2.68. The molecule has 140 valence electrons. The maximum Gasteiger partial charge on any atom is 0.253 e. The van der Waals surface area contributed by atoms with Crippen molar-refractivity contribution in [1.29, 1.82) is 0 Å². The fraction of sp³-hybridized carbons (Fsp3) is 0.294. The van der Waals surface area contributed by atoms with Crippen LogP contribution in [-0.4, -0.2) is 37.7 Å². The topological polar surface area (TPSA) is 99.3 Å². The molecule has 1 aromatic carbocycles. The van der Waals surface area contributed by atoms with Crippen LogP contribution in [0.15, 0.2) is 38.4 Å². The second-order valence-electron chi connectivity index (χ2n) is 6.06. The predicted molar refractivity (Wildman–Crippen MR) is 103 cm³/mol. The van der Waals surface area contributed by atoms with Gasteiger partial charge in [0.15, 0.2) is 0 Å². The number of benzene rings is 1. The third-order valence-electron chi connectivity index (χ3n) is 3.87. The Morgan fingerprint density at radius 2 is 1.88 bits per heavy atom. The molecule has 0 atom stereocenters. The number of carbonyl (C=O) groups is 1. The molecule has 9 heteroatoms. The molecule has 0 spiro atoms. The first kappa shape index (κ1) is 20.3. The molecule has 0 radical (unpaired) electrons. The van der Waals surface area contributed by atoms with Crippen molar-refractivity contribution in [2.24, 2.45) is 0 Å². The first-order valence-electron chi connectivity index (χ1n) is 7.73. The number of nitrogens with zero attached hydrogens (tertiary/aromatic N) is 1. The van der Waals surface area contributed by atoms with E-state index in [-0.39, 0.29) is 22.6 Å². The minimum absolute atomic E-state index is 0.0740. The number of H-pyrrole nitrogens is 1. The van der Waals surface area contributed by atoms with E-state index in [9.17, 15) is 18.0 Å². The highest BCUT2D eigenvalue weighted by Crippen LogP contribution is 2.25. The number of nitrogens with one attached hydrogen (secondary N) is 2. The molecule has 0 saturated heterocycles. The van der Waals surface area contributed by atoms with E-state index in [0.29, 0.717) is 10.0 Å². The largest absolute Gasteiger partial charge is 0.348 e. The fourth-order valence-corrected chi connectivity index (χ4v) is 4.35.